The number of rotatable bonds is 0. The van der Waals surface area contributed by atoms with Crippen LogP contribution in [0.5, 0.6) is 0 Å². The molecule has 0 aromatic rings. The van der Waals surface area contributed by atoms with E-state index in [1.165, 1.54) is 0 Å². The minimum atomic E-state index is 1.00. The van der Waals surface area contributed by atoms with Crippen molar-refractivity contribution >= 4 is 6.79 Å². The van der Waals surface area contributed by atoms with Crippen molar-refractivity contribution in [3.63, 3.8) is 0 Å². The molecular weight excluding hydrogens is 90.1 g/mol. The topological polar surface area (TPSA) is 17.1 Å². The lowest BCUT2D eigenvalue weighted by molar-refractivity contribution is -0.849. The number of hydrogen-bond donors (Lipinski definition) is 0. The smallest absolute Gasteiger partial charge is 0.106 e. The molecule has 0 aliphatic heterocycles. The Labute approximate surface area is 45.3 Å². The molecule has 0 heterocycles. The molecule has 0 saturated carbocycles. The van der Waals surface area contributed by atoms with Crippen LogP contribution in [0.2, 0.25) is 0 Å². The molecule has 0 unspecified atom stereocenters. The predicted octanol–water partition coefficient (Wildman–Crippen LogP) is 0.137. The Hall–Kier alpha value is -0.370. The largest absolute Gasteiger partial charge is 0.333 e. The second-order valence-electron chi connectivity index (χ2n) is 2.68. The summed E-state index contributed by atoms with van der Waals surface area (Å²) < 4.78 is 1.00. The van der Waals surface area contributed by atoms with Gasteiger partial charge in [-0.2, -0.15) is 0 Å². The van der Waals surface area contributed by atoms with Crippen LogP contribution in [-0.4, -0.2) is 39.5 Å². The average Bonchev–Trinajstić information content (AvgIpc) is 1.36. The van der Waals surface area contributed by atoms with E-state index in [9.17, 15) is 0 Å². The first-order valence-corrected chi connectivity index (χ1v) is 2.08. The normalized spacial score (nSPS) is 9.14. The summed E-state index contributed by atoms with van der Waals surface area (Å²) in [4.78, 5) is 8.00. The number of nitrogens with zero attached hydrogens (tertiary/aromatic N) is 1. The van der Waals surface area contributed by atoms with E-state index in [2.05, 4.69) is 28.2 Å². The number of carbonyl (C=O) groups excluding carboxylic acids is 1. The zero-order valence-corrected chi connectivity index (χ0v) is 5.56. The fraction of sp³-hybridized carbons (Fsp3) is 0.800. The quantitative estimate of drug-likeness (QED) is 0.399. The van der Waals surface area contributed by atoms with E-state index in [1.54, 1.807) is 0 Å². The number of hydrogen-bond acceptors (Lipinski definition) is 1. The molecule has 0 atom stereocenters. The predicted molar refractivity (Wildman–Crippen MR) is 31.1 cm³/mol. The lowest BCUT2D eigenvalue weighted by Crippen LogP contribution is -2.27. The summed E-state index contributed by atoms with van der Waals surface area (Å²) in [6.07, 6.45) is 0. The molecule has 0 saturated heterocycles. The van der Waals surface area contributed by atoms with Gasteiger partial charge in [0.15, 0.2) is 0 Å². The highest BCUT2D eigenvalue weighted by Crippen LogP contribution is 1.73. The van der Waals surface area contributed by atoms with Crippen LogP contribution in [0.3, 0.4) is 0 Å². The molecular formula is C5H14NO+. The van der Waals surface area contributed by atoms with Gasteiger partial charge in [-0.3, -0.25) is 0 Å². The van der Waals surface area contributed by atoms with Gasteiger partial charge in [-0.15, -0.1) is 0 Å². The van der Waals surface area contributed by atoms with Crippen LogP contribution in [0.15, 0.2) is 0 Å². The molecule has 0 aromatic heterocycles. The summed E-state index contributed by atoms with van der Waals surface area (Å²) in [5.41, 5.74) is 0. The second kappa shape index (κ2) is 3.81. The van der Waals surface area contributed by atoms with Gasteiger partial charge in [0.1, 0.15) is 6.79 Å². The first-order chi connectivity index (χ1) is 3.00. The molecule has 0 fully saturated rings. The van der Waals surface area contributed by atoms with Crippen LogP contribution < -0.4 is 0 Å². The van der Waals surface area contributed by atoms with Gasteiger partial charge in [0.05, 0.1) is 28.2 Å². The SMILES string of the molecule is C=O.C[N+](C)(C)C. The van der Waals surface area contributed by atoms with Gasteiger partial charge >= 0.3 is 0 Å². The van der Waals surface area contributed by atoms with Crippen molar-refractivity contribution in [2.45, 2.75) is 0 Å². The van der Waals surface area contributed by atoms with E-state index in [1.807, 2.05) is 6.79 Å². The van der Waals surface area contributed by atoms with E-state index in [0.29, 0.717) is 0 Å². The van der Waals surface area contributed by atoms with Crippen molar-refractivity contribution in [2.75, 3.05) is 28.2 Å². The van der Waals surface area contributed by atoms with Gasteiger partial charge in [-0.05, 0) is 0 Å². The van der Waals surface area contributed by atoms with E-state index in [-0.39, 0.29) is 0 Å². The average molecular weight is 104 g/mol. The Morgan fingerprint density at radius 1 is 1.00 bits per heavy atom. The van der Waals surface area contributed by atoms with E-state index < -0.39 is 0 Å². The molecule has 0 amide bonds. The Balaban J connectivity index is 0. The van der Waals surface area contributed by atoms with Crippen LogP contribution in [0.4, 0.5) is 0 Å². The first-order valence-electron chi connectivity index (χ1n) is 2.08. The third-order valence-electron chi connectivity index (χ3n) is 0. The minimum absolute atomic E-state index is 1.00. The highest BCUT2D eigenvalue weighted by Gasteiger charge is 1.88. The molecule has 0 aliphatic carbocycles. The van der Waals surface area contributed by atoms with Gasteiger partial charge < -0.3 is 9.28 Å². The van der Waals surface area contributed by atoms with Crippen LogP contribution in [0.1, 0.15) is 0 Å². The molecule has 0 spiro atoms. The zero-order chi connectivity index (χ0) is 6.50. The van der Waals surface area contributed by atoms with Crippen LogP contribution in [0.25, 0.3) is 0 Å². The molecule has 0 rings (SSSR count). The number of quaternary nitrogens is 1. The third kappa shape index (κ3) is 542. The van der Waals surface area contributed by atoms with Crippen molar-refractivity contribution in [2.24, 2.45) is 0 Å². The van der Waals surface area contributed by atoms with Gasteiger partial charge in [0.2, 0.25) is 0 Å². The summed E-state index contributed by atoms with van der Waals surface area (Å²) in [5.74, 6) is 0. The molecule has 2 nitrogen and oxygen atoms in total. The lowest BCUT2D eigenvalue weighted by atomic mass is 10.8. The molecule has 0 bridgehead atoms. The number of carbonyl (C=O) groups is 1. The van der Waals surface area contributed by atoms with Crippen molar-refractivity contribution < 1.29 is 9.28 Å². The maximum Gasteiger partial charge on any atom is 0.106 e. The minimum Gasteiger partial charge on any atom is -0.333 e. The standard InChI is InChI=1S/C4H12N.CH2O/c1-5(2,3)4;1-2/h1-4H3;1H2/q+1;. The summed E-state index contributed by atoms with van der Waals surface area (Å²) >= 11 is 0. The van der Waals surface area contributed by atoms with Crippen LogP contribution in [-0.2, 0) is 4.79 Å². The van der Waals surface area contributed by atoms with Crippen molar-refractivity contribution in [1.82, 2.24) is 0 Å². The first kappa shape index (κ1) is 9.80. The molecule has 0 N–H and O–H groups in total. The maximum atomic E-state index is 8.00. The highest BCUT2D eigenvalue weighted by atomic mass is 16.1. The van der Waals surface area contributed by atoms with E-state index >= 15 is 0 Å². The van der Waals surface area contributed by atoms with Crippen LogP contribution in [0, 0.1) is 0 Å². The summed E-state index contributed by atoms with van der Waals surface area (Å²) in [6.45, 7) is 2.00. The molecule has 0 aliphatic rings. The lowest BCUT2D eigenvalue weighted by Gasteiger charge is -2.14. The van der Waals surface area contributed by atoms with Crippen molar-refractivity contribution in [3.05, 3.63) is 0 Å². The van der Waals surface area contributed by atoms with E-state index in [0.717, 1.165) is 4.48 Å². The van der Waals surface area contributed by atoms with Gasteiger partial charge in [-0.25, -0.2) is 0 Å². The third-order valence-corrected chi connectivity index (χ3v) is 0. The monoisotopic (exact) mass is 104 g/mol. The summed E-state index contributed by atoms with van der Waals surface area (Å²) in [5, 5.41) is 0. The zero-order valence-electron chi connectivity index (χ0n) is 5.56. The van der Waals surface area contributed by atoms with Gasteiger partial charge in [0, 0.05) is 0 Å². The summed E-state index contributed by atoms with van der Waals surface area (Å²) in [7, 11) is 8.50. The maximum absolute atomic E-state index is 8.00. The van der Waals surface area contributed by atoms with E-state index in [4.69, 9.17) is 4.79 Å². The Morgan fingerprint density at radius 2 is 1.00 bits per heavy atom. The second-order valence-corrected chi connectivity index (χ2v) is 2.68. The molecule has 0 radical (unpaired) electrons. The van der Waals surface area contributed by atoms with Crippen LogP contribution >= 0.6 is 0 Å². The molecule has 0 aromatic carbocycles. The Bertz CT molecular complexity index is 31.8. The fourth-order valence-corrected chi connectivity index (χ4v) is 0. The summed E-state index contributed by atoms with van der Waals surface area (Å²) in [6, 6.07) is 0. The Kier molecular flexibility index (Phi) is 5.33. The van der Waals surface area contributed by atoms with Crippen molar-refractivity contribution in [1.29, 1.82) is 0 Å². The Morgan fingerprint density at radius 3 is 1.00 bits per heavy atom. The van der Waals surface area contributed by atoms with Gasteiger partial charge in [0.25, 0.3) is 0 Å². The molecule has 7 heavy (non-hydrogen) atoms. The highest BCUT2D eigenvalue weighted by molar-refractivity contribution is 5.10. The molecule has 2 heteroatoms. The van der Waals surface area contributed by atoms with Crippen molar-refractivity contribution in [3.8, 4) is 0 Å². The van der Waals surface area contributed by atoms with Gasteiger partial charge in [-0.1, -0.05) is 0 Å². The fourth-order valence-electron chi connectivity index (χ4n) is 0. The molecule has 44 valence electrons.